The van der Waals surface area contributed by atoms with Gasteiger partial charge < -0.3 is 24.8 Å². The average Bonchev–Trinajstić information content (AvgIpc) is 3.65. The van der Waals surface area contributed by atoms with Gasteiger partial charge in [0.1, 0.15) is 47.1 Å². The topological polar surface area (TPSA) is 110 Å². The van der Waals surface area contributed by atoms with Crippen molar-refractivity contribution in [2.45, 2.75) is 49.5 Å². The van der Waals surface area contributed by atoms with Crippen molar-refractivity contribution in [1.29, 1.82) is 5.26 Å². The van der Waals surface area contributed by atoms with E-state index in [1.807, 2.05) is 18.0 Å². The Hall–Kier alpha value is -3.57. The summed E-state index contributed by atoms with van der Waals surface area (Å²) < 4.78 is 65.0. The summed E-state index contributed by atoms with van der Waals surface area (Å²) in [6.45, 7) is 2.09. The number of fused-ring (bicyclic) bond motifs is 3. The van der Waals surface area contributed by atoms with E-state index < -0.39 is 29.4 Å². The van der Waals surface area contributed by atoms with Crippen LogP contribution in [0.5, 0.6) is 11.8 Å². The van der Waals surface area contributed by atoms with Gasteiger partial charge in [0.25, 0.3) is 0 Å². The van der Waals surface area contributed by atoms with Gasteiger partial charge in [-0.2, -0.15) is 15.2 Å². The maximum atomic E-state index is 17.0. The number of halogens is 4. The van der Waals surface area contributed by atoms with E-state index in [4.69, 9.17) is 36.5 Å². The molecule has 4 aliphatic heterocycles. The van der Waals surface area contributed by atoms with Crippen LogP contribution in [0.1, 0.15) is 31.2 Å². The van der Waals surface area contributed by atoms with Gasteiger partial charge in [-0.15, -0.1) is 11.3 Å². The van der Waals surface area contributed by atoms with Crippen LogP contribution >= 0.6 is 22.9 Å². The van der Waals surface area contributed by atoms with Crippen LogP contribution in [0.4, 0.5) is 24.0 Å². The van der Waals surface area contributed by atoms with Crippen LogP contribution in [0, 0.1) is 23.0 Å². The van der Waals surface area contributed by atoms with Gasteiger partial charge in [-0.25, -0.2) is 13.2 Å². The number of nitrogens with zero attached hydrogens (tertiary/aromatic N) is 5. The number of nitrogens with two attached hydrogens (primary N) is 1. The van der Waals surface area contributed by atoms with Gasteiger partial charge in [0.05, 0.1) is 38.9 Å². The standard InChI is InChI=1S/C31H28ClF3N6O3S/c1-40-18-5-8-42-12-19(18)44-26-22-25(38-30(39-29(22)40)43-13-31-6-2-7-41(31)11-14(33)9-31)24(35)21(23(26)32)15-3-4-17(34)27-20(15)16(10-36)28(37)45-27/h3-4,14,18-19H,2,5-9,11-13,37H2,1H3/t14-,18+,19+,31+/m1/s1. The Morgan fingerprint density at radius 3 is 2.96 bits per heavy atom. The van der Waals surface area contributed by atoms with Gasteiger partial charge in [-0.05, 0) is 37.4 Å². The fourth-order valence-electron chi connectivity index (χ4n) is 7.62. The summed E-state index contributed by atoms with van der Waals surface area (Å²) in [6, 6.07) is 4.37. The molecule has 0 radical (unpaired) electrons. The van der Waals surface area contributed by atoms with Crippen LogP contribution in [-0.4, -0.2) is 78.7 Å². The van der Waals surface area contributed by atoms with Crippen LogP contribution in [0.2, 0.25) is 5.02 Å². The van der Waals surface area contributed by atoms with E-state index in [1.165, 1.54) is 12.1 Å². The van der Waals surface area contributed by atoms with E-state index >= 15 is 4.39 Å². The molecular weight excluding hydrogens is 629 g/mol. The molecule has 2 N–H and O–H groups in total. The number of benzene rings is 2. The lowest BCUT2D eigenvalue weighted by Crippen LogP contribution is -2.49. The van der Waals surface area contributed by atoms with Crippen molar-refractivity contribution < 1.29 is 27.4 Å². The molecule has 0 aliphatic carbocycles. The first kappa shape index (κ1) is 28.9. The van der Waals surface area contributed by atoms with Crippen molar-refractivity contribution in [2.75, 3.05) is 50.6 Å². The molecule has 4 aliphatic rings. The van der Waals surface area contributed by atoms with Gasteiger partial charge in [0.15, 0.2) is 11.6 Å². The fraction of sp³-hybridized carbons (Fsp3) is 0.452. The molecule has 45 heavy (non-hydrogen) atoms. The average molecular weight is 657 g/mol. The molecule has 0 saturated carbocycles. The van der Waals surface area contributed by atoms with E-state index in [0.29, 0.717) is 31.8 Å². The summed E-state index contributed by atoms with van der Waals surface area (Å²) in [7, 11) is 1.85. The zero-order valence-electron chi connectivity index (χ0n) is 24.2. The van der Waals surface area contributed by atoms with Crippen molar-refractivity contribution in [3.05, 3.63) is 34.4 Å². The summed E-state index contributed by atoms with van der Waals surface area (Å²) in [4.78, 5) is 13.4. The van der Waals surface area contributed by atoms with E-state index in [0.717, 1.165) is 30.7 Å². The highest BCUT2D eigenvalue weighted by molar-refractivity contribution is 7.23. The number of nitriles is 1. The number of alkyl halides is 1. The number of anilines is 2. The number of hydrogen-bond acceptors (Lipinski definition) is 10. The Morgan fingerprint density at radius 1 is 1.29 bits per heavy atom. The molecular formula is C31H28ClF3N6O3S. The molecule has 3 fully saturated rings. The summed E-state index contributed by atoms with van der Waals surface area (Å²) in [5.41, 5.74) is 5.62. The van der Waals surface area contributed by atoms with Crippen molar-refractivity contribution >= 4 is 54.7 Å². The van der Waals surface area contributed by atoms with E-state index in [1.54, 1.807) is 0 Å². The Kier molecular flexibility index (Phi) is 6.73. The van der Waals surface area contributed by atoms with Crippen LogP contribution in [0.15, 0.2) is 12.1 Å². The Labute approximate surface area is 265 Å². The number of thiophene rings is 1. The first-order valence-electron chi connectivity index (χ1n) is 14.8. The lowest BCUT2D eigenvalue weighted by atomic mass is 9.95. The zero-order chi connectivity index (χ0) is 31.2. The summed E-state index contributed by atoms with van der Waals surface area (Å²) in [5, 5.41) is 10.4. The monoisotopic (exact) mass is 656 g/mol. The predicted molar refractivity (Wildman–Crippen MR) is 165 cm³/mol. The van der Waals surface area contributed by atoms with Crippen LogP contribution in [-0.2, 0) is 4.74 Å². The fourth-order valence-corrected chi connectivity index (χ4v) is 8.90. The van der Waals surface area contributed by atoms with Crippen molar-refractivity contribution in [1.82, 2.24) is 14.9 Å². The van der Waals surface area contributed by atoms with Crippen LogP contribution in [0.3, 0.4) is 0 Å². The third-order valence-electron chi connectivity index (χ3n) is 9.74. The molecule has 8 rings (SSSR count). The minimum Gasteiger partial charge on any atom is -0.483 e. The Bertz CT molecular complexity index is 1940. The maximum Gasteiger partial charge on any atom is 0.319 e. The maximum absolute atomic E-state index is 17.0. The first-order valence-corrected chi connectivity index (χ1v) is 16.0. The number of rotatable bonds is 4. The van der Waals surface area contributed by atoms with Gasteiger partial charge >= 0.3 is 6.01 Å². The molecule has 4 aromatic rings. The number of ether oxygens (including phenoxy) is 3. The lowest BCUT2D eigenvalue weighted by molar-refractivity contribution is -0.00451. The minimum atomic E-state index is -0.938. The smallest absolute Gasteiger partial charge is 0.319 e. The predicted octanol–water partition coefficient (Wildman–Crippen LogP) is 5.84. The SMILES string of the molecule is CN1c2nc(OC[C@@]34CCCN3C[C@H](F)C4)nc3c(F)c(-c4ccc(F)c5sc(N)c(C#N)c45)c(Cl)c(c23)O[C@H]2COCC[C@@H]21. The van der Waals surface area contributed by atoms with E-state index in [9.17, 15) is 14.0 Å². The van der Waals surface area contributed by atoms with Gasteiger partial charge in [0.2, 0.25) is 0 Å². The highest BCUT2D eigenvalue weighted by atomic mass is 35.5. The zero-order valence-corrected chi connectivity index (χ0v) is 25.8. The number of nitrogen functional groups attached to an aromatic ring is 1. The molecule has 0 bridgehead atoms. The molecule has 6 heterocycles. The Morgan fingerprint density at radius 2 is 2.13 bits per heavy atom. The highest BCUT2D eigenvalue weighted by Gasteiger charge is 2.49. The molecule has 234 valence electrons. The molecule has 14 heteroatoms. The molecule has 3 saturated heterocycles. The molecule has 0 unspecified atom stereocenters. The largest absolute Gasteiger partial charge is 0.483 e. The van der Waals surface area contributed by atoms with Crippen LogP contribution in [0.25, 0.3) is 32.1 Å². The van der Waals surface area contributed by atoms with E-state index in [2.05, 4.69) is 9.88 Å². The lowest BCUT2D eigenvalue weighted by Gasteiger charge is -2.36. The molecule has 4 atom stereocenters. The normalized spacial score (nSPS) is 26.0. The third kappa shape index (κ3) is 4.26. The Balaban J connectivity index is 1.35. The molecule has 2 aromatic heterocycles. The van der Waals surface area contributed by atoms with Crippen LogP contribution < -0.4 is 20.1 Å². The quantitative estimate of drug-likeness (QED) is 0.290. The third-order valence-corrected chi connectivity index (χ3v) is 11.1. The molecule has 9 nitrogen and oxygen atoms in total. The minimum absolute atomic E-state index is 0.0304. The van der Waals surface area contributed by atoms with Gasteiger partial charge in [-0.3, -0.25) is 4.90 Å². The van der Waals surface area contributed by atoms with Gasteiger partial charge in [0, 0.05) is 37.6 Å². The summed E-state index contributed by atoms with van der Waals surface area (Å²) in [5.74, 6) is -0.864. The molecule has 2 aromatic carbocycles. The summed E-state index contributed by atoms with van der Waals surface area (Å²) >= 11 is 7.94. The van der Waals surface area contributed by atoms with Crippen molar-refractivity contribution in [3.8, 4) is 29.0 Å². The summed E-state index contributed by atoms with van der Waals surface area (Å²) in [6.07, 6.45) is 1.30. The number of aromatic nitrogens is 2. The van der Waals surface area contributed by atoms with Crippen molar-refractivity contribution in [3.63, 3.8) is 0 Å². The molecule has 0 spiro atoms. The van der Waals surface area contributed by atoms with Crippen molar-refractivity contribution in [2.24, 2.45) is 0 Å². The second-order valence-electron chi connectivity index (χ2n) is 12.2. The second kappa shape index (κ2) is 10.5. The van der Waals surface area contributed by atoms with E-state index in [-0.39, 0.29) is 78.7 Å². The number of hydrogen-bond donors (Lipinski definition) is 1. The second-order valence-corrected chi connectivity index (χ2v) is 13.6. The molecule has 0 amide bonds. The number of likely N-dealkylation sites (N-methyl/N-ethyl adjacent to an activating group) is 1. The highest BCUT2D eigenvalue weighted by Crippen LogP contribution is 2.52. The first-order chi connectivity index (χ1) is 21.7. The van der Waals surface area contributed by atoms with Gasteiger partial charge in [-0.1, -0.05) is 17.7 Å².